The van der Waals surface area contributed by atoms with Gasteiger partial charge in [0, 0.05) is 0 Å². The van der Waals surface area contributed by atoms with Crippen LogP contribution in [0.1, 0.15) is 17.3 Å². The number of hydrogen-bond acceptors (Lipinski definition) is 6. The van der Waals surface area contributed by atoms with E-state index in [0.717, 1.165) is 11.5 Å². The van der Waals surface area contributed by atoms with Crippen LogP contribution >= 0.6 is 23.2 Å². The fourth-order valence-electron chi connectivity index (χ4n) is 1.18. The molecular weight excluding hydrogens is 265 g/mol. The second kappa shape index (κ2) is 4.85. The summed E-state index contributed by atoms with van der Waals surface area (Å²) in [4.78, 5) is 8.10. The lowest BCUT2D eigenvalue weighted by molar-refractivity contribution is 0.478. The largest absolute Gasteiger partial charge is 0.444 e. The first-order valence-electron chi connectivity index (χ1n) is 4.78. The Bertz CT molecular complexity index is 523. The van der Waals surface area contributed by atoms with E-state index in [2.05, 4.69) is 25.5 Å². The molecule has 0 fully saturated rings. The van der Waals surface area contributed by atoms with Crippen molar-refractivity contribution in [2.24, 2.45) is 0 Å². The van der Waals surface area contributed by atoms with Crippen LogP contribution in [-0.2, 0) is 6.54 Å². The highest BCUT2D eigenvalue weighted by atomic mass is 35.5. The molecule has 17 heavy (non-hydrogen) atoms. The van der Waals surface area contributed by atoms with Crippen LogP contribution in [0.5, 0.6) is 0 Å². The van der Waals surface area contributed by atoms with Crippen molar-refractivity contribution < 1.29 is 4.42 Å². The van der Waals surface area contributed by atoms with E-state index < -0.39 is 0 Å². The van der Waals surface area contributed by atoms with Crippen molar-refractivity contribution in [1.82, 2.24) is 20.2 Å². The zero-order chi connectivity index (χ0) is 12.4. The Morgan fingerprint density at radius 1 is 1.18 bits per heavy atom. The molecule has 8 heteroatoms. The van der Waals surface area contributed by atoms with Gasteiger partial charge in [-0.3, -0.25) is 0 Å². The molecule has 0 aliphatic carbocycles. The maximum absolute atomic E-state index is 5.79. The van der Waals surface area contributed by atoms with Gasteiger partial charge >= 0.3 is 0 Å². The van der Waals surface area contributed by atoms with Crippen LogP contribution in [0, 0.1) is 13.8 Å². The van der Waals surface area contributed by atoms with E-state index in [-0.39, 0.29) is 10.4 Å². The Morgan fingerprint density at radius 2 is 1.94 bits per heavy atom. The molecule has 90 valence electrons. The van der Waals surface area contributed by atoms with Gasteiger partial charge in [0.1, 0.15) is 5.76 Å². The quantitative estimate of drug-likeness (QED) is 0.926. The van der Waals surface area contributed by atoms with Crippen LogP contribution in [0.4, 0.5) is 5.82 Å². The fraction of sp³-hybridized carbons (Fsp3) is 0.333. The highest BCUT2D eigenvalue weighted by Crippen LogP contribution is 2.17. The van der Waals surface area contributed by atoms with Gasteiger partial charge < -0.3 is 9.73 Å². The van der Waals surface area contributed by atoms with Crippen LogP contribution in [-0.4, -0.2) is 20.2 Å². The van der Waals surface area contributed by atoms with Crippen molar-refractivity contribution in [3.63, 3.8) is 0 Å². The van der Waals surface area contributed by atoms with Crippen LogP contribution in [0.25, 0.3) is 0 Å². The summed E-state index contributed by atoms with van der Waals surface area (Å²) in [7, 11) is 0. The summed E-state index contributed by atoms with van der Waals surface area (Å²) in [5.74, 6) is 1.68. The Kier molecular flexibility index (Phi) is 3.44. The molecule has 2 aromatic rings. The van der Waals surface area contributed by atoms with Gasteiger partial charge in [0.15, 0.2) is 11.0 Å². The zero-order valence-corrected chi connectivity index (χ0v) is 10.7. The third-order valence-electron chi connectivity index (χ3n) is 2.10. The maximum Gasteiger partial charge on any atom is 0.245 e. The standard InChI is InChI=1S/C9H9Cl2N5O/c1-4-5(2)17-6(13-4)3-12-8-7(10)15-16-9(11)14-8/h3H2,1-2H3,(H,12,14,16). The van der Waals surface area contributed by atoms with Crippen molar-refractivity contribution in [1.29, 1.82) is 0 Å². The fourth-order valence-corrected chi connectivity index (χ4v) is 1.45. The molecule has 0 aliphatic heterocycles. The van der Waals surface area contributed by atoms with E-state index in [9.17, 15) is 0 Å². The molecule has 0 aliphatic rings. The number of nitrogens with one attached hydrogen (secondary N) is 1. The Balaban J connectivity index is 2.09. The minimum absolute atomic E-state index is 0.0247. The predicted molar refractivity (Wildman–Crippen MR) is 63.2 cm³/mol. The average molecular weight is 274 g/mol. The van der Waals surface area contributed by atoms with E-state index in [1.807, 2.05) is 13.8 Å². The van der Waals surface area contributed by atoms with E-state index >= 15 is 0 Å². The Morgan fingerprint density at radius 3 is 2.59 bits per heavy atom. The first kappa shape index (κ1) is 12.1. The molecular formula is C9H9Cl2N5O. The lowest BCUT2D eigenvalue weighted by Gasteiger charge is -2.03. The van der Waals surface area contributed by atoms with E-state index in [1.54, 1.807) is 0 Å². The number of anilines is 1. The molecule has 0 aromatic carbocycles. The molecule has 0 unspecified atom stereocenters. The Hall–Kier alpha value is -1.40. The zero-order valence-electron chi connectivity index (χ0n) is 9.16. The highest BCUT2D eigenvalue weighted by Gasteiger charge is 2.09. The van der Waals surface area contributed by atoms with Gasteiger partial charge in [-0.1, -0.05) is 11.6 Å². The lowest BCUT2D eigenvalue weighted by atomic mass is 10.4. The first-order chi connectivity index (χ1) is 8.06. The smallest absolute Gasteiger partial charge is 0.245 e. The second-order valence-corrected chi connectivity index (χ2v) is 4.02. The molecule has 2 rings (SSSR count). The maximum atomic E-state index is 5.79. The molecule has 0 saturated carbocycles. The topological polar surface area (TPSA) is 76.7 Å². The molecule has 0 amide bonds. The molecule has 0 saturated heterocycles. The van der Waals surface area contributed by atoms with Crippen LogP contribution in [0.3, 0.4) is 0 Å². The monoisotopic (exact) mass is 273 g/mol. The summed E-state index contributed by atoms with van der Waals surface area (Å²) in [5, 5.41) is 10.2. The molecule has 0 bridgehead atoms. The average Bonchev–Trinajstić information content (AvgIpc) is 2.60. The van der Waals surface area contributed by atoms with E-state index in [0.29, 0.717) is 18.3 Å². The van der Waals surface area contributed by atoms with Gasteiger partial charge in [-0.15, -0.1) is 10.2 Å². The van der Waals surface area contributed by atoms with Crippen LogP contribution in [0.2, 0.25) is 10.4 Å². The summed E-state index contributed by atoms with van der Waals surface area (Å²) in [5.41, 5.74) is 0.853. The number of rotatable bonds is 3. The third kappa shape index (κ3) is 2.83. The van der Waals surface area contributed by atoms with Crippen molar-refractivity contribution in [2.75, 3.05) is 5.32 Å². The van der Waals surface area contributed by atoms with Gasteiger partial charge in [-0.25, -0.2) is 4.98 Å². The minimum atomic E-state index is 0.0247. The molecule has 0 atom stereocenters. The van der Waals surface area contributed by atoms with Gasteiger partial charge in [-0.2, -0.15) is 4.98 Å². The molecule has 1 N–H and O–H groups in total. The van der Waals surface area contributed by atoms with Gasteiger partial charge in [0.25, 0.3) is 0 Å². The number of oxazole rings is 1. The van der Waals surface area contributed by atoms with Gasteiger partial charge in [-0.05, 0) is 25.4 Å². The SMILES string of the molecule is Cc1nc(CNc2nc(Cl)nnc2Cl)oc1C. The molecule has 0 radical (unpaired) electrons. The van der Waals surface area contributed by atoms with Crippen LogP contribution < -0.4 is 5.32 Å². The number of nitrogens with zero attached hydrogens (tertiary/aromatic N) is 4. The summed E-state index contributed by atoms with van der Waals surface area (Å²) < 4.78 is 5.39. The molecule has 2 heterocycles. The molecule has 0 spiro atoms. The second-order valence-electron chi connectivity index (χ2n) is 3.32. The molecule has 6 nitrogen and oxygen atoms in total. The van der Waals surface area contributed by atoms with E-state index in [1.165, 1.54) is 0 Å². The lowest BCUT2D eigenvalue weighted by Crippen LogP contribution is -2.04. The Labute approximate surface area is 107 Å². The molecule has 2 aromatic heterocycles. The first-order valence-corrected chi connectivity index (χ1v) is 5.54. The summed E-state index contributed by atoms with van der Waals surface area (Å²) >= 11 is 11.4. The highest BCUT2D eigenvalue weighted by molar-refractivity contribution is 6.32. The number of halogens is 2. The van der Waals surface area contributed by atoms with Gasteiger partial charge in [0.2, 0.25) is 11.2 Å². The third-order valence-corrected chi connectivity index (χ3v) is 2.51. The predicted octanol–water partition coefficient (Wildman–Crippen LogP) is 2.40. The van der Waals surface area contributed by atoms with Crippen molar-refractivity contribution >= 4 is 29.0 Å². The minimum Gasteiger partial charge on any atom is -0.444 e. The van der Waals surface area contributed by atoms with Crippen LogP contribution in [0.15, 0.2) is 4.42 Å². The number of hydrogen-bond donors (Lipinski definition) is 1. The summed E-state index contributed by atoms with van der Waals surface area (Å²) in [6.07, 6.45) is 0. The van der Waals surface area contributed by atoms with Crippen molar-refractivity contribution in [2.45, 2.75) is 20.4 Å². The van der Waals surface area contributed by atoms with E-state index in [4.69, 9.17) is 27.6 Å². The normalized spacial score (nSPS) is 10.6. The summed E-state index contributed by atoms with van der Waals surface area (Å²) in [6.45, 7) is 4.07. The number of aryl methyl sites for hydroxylation is 2. The summed E-state index contributed by atoms with van der Waals surface area (Å²) in [6, 6.07) is 0. The van der Waals surface area contributed by atoms with Crippen molar-refractivity contribution in [3.05, 3.63) is 27.8 Å². The van der Waals surface area contributed by atoms with Crippen molar-refractivity contribution in [3.8, 4) is 0 Å². The van der Waals surface area contributed by atoms with Gasteiger partial charge in [0.05, 0.1) is 12.2 Å². The number of aromatic nitrogens is 4.